The monoisotopic (exact) mass is 340 g/mol. The summed E-state index contributed by atoms with van der Waals surface area (Å²) >= 11 is 1.71. The standard InChI is InChI=1S/C18H20N4OS/c1-21(18(23)19-10-9-17-8-5-11-24-17)13-15-12-20-22(14-15)16-6-3-2-4-7-16/h2-8,11-12,14H,9-10,13H2,1H3,(H,19,23). The van der Waals surface area contributed by atoms with E-state index < -0.39 is 0 Å². The summed E-state index contributed by atoms with van der Waals surface area (Å²) in [6.07, 6.45) is 4.61. The molecule has 2 amide bonds. The molecule has 2 aromatic heterocycles. The molecule has 0 aliphatic rings. The number of para-hydroxylation sites is 1. The first-order valence-electron chi connectivity index (χ1n) is 7.83. The highest BCUT2D eigenvalue weighted by Gasteiger charge is 2.10. The molecule has 3 rings (SSSR count). The molecule has 0 atom stereocenters. The van der Waals surface area contributed by atoms with E-state index in [2.05, 4.69) is 16.5 Å². The van der Waals surface area contributed by atoms with Gasteiger partial charge in [-0.3, -0.25) is 0 Å². The predicted molar refractivity (Wildman–Crippen MR) is 96.5 cm³/mol. The fourth-order valence-corrected chi connectivity index (χ4v) is 3.10. The minimum Gasteiger partial charge on any atom is -0.338 e. The van der Waals surface area contributed by atoms with E-state index in [1.54, 1.807) is 29.5 Å². The number of benzene rings is 1. The normalized spacial score (nSPS) is 10.5. The van der Waals surface area contributed by atoms with Crippen molar-refractivity contribution in [2.45, 2.75) is 13.0 Å². The highest BCUT2D eigenvalue weighted by molar-refractivity contribution is 7.09. The van der Waals surface area contributed by atoms with Gasteiger partial charge in [-0.1, -0.05) is 24.3 Å². The summed E-state index contributed by atoms with van der Waals surface area (Å²) in [4.78, 5) is 15.1. The third-order valence-electron chi connectivity index (χ3n) is 3.65. The molecule has 2 heterocycles. The van der Waals surface area contributed by atoms with Crippen molar-refractivity contribution in [2.75, 3.05) is 13.6 Å². The van der Waals surface area contributed by atoms with Crippen LogP contribution in [0.3, 0.4) is 0 Å². The molecule has 6 heteroatoms. The van der Waals surface area contributed by atoms with Crippen LogP contribution in [0.5, 0.6) is 0 Å². The summed E-state index contributed by atoms with van der Waals surface area (Å²) in [7, 11) is 1.79. The number of hydrogen-bond donors (Lipinski definition) is 1. The van der Waals surface area contributed by atoms with Crippen molar-refractivity contribution in [3.8, 4) is 5.69 Å². The summed E-state index contributed by atoms with van der Waals surface area (Å²) in [5.41, 5.74) is 2.00. The number of urea groups is 1. The molecular weight excluding hydrogens is 320 g/mol. The second kappa shape index (κ2) is 7.79. The van der Waals surface area contributed by atoms with Gasteiger partial charge in [-0.2, -0.15) is 5.10 Å². The number of nitrogens with one attached hydrogen (secondary N) is 1. The Hall–Kier alpha value is -2.60. The molecule has 0 saturated carbocycles. The maximum absolute atomic E-state index is 12.1. The van der Waals surface area contributed by atoms with Gasteiger partial charge in [0.05, 0.1) is 18.4 Å². The van der Waals surface area contributed by atoms with Crippen LogP contribution in [0.15, 0.2) is 60.2 Å². The average Bonchev–Trinajstić information content (AvgIpc) is 3.27. The summed E-state index contributed by atoms with van der Waals surface area (Å²) in [5.74, 6) is 0. The summed E-state index contributed by atoms with van der Waals surface area (Å²) in [6.45, 7) is 1.17. The first-order valence-corrected chi connectivity index (χ1v) is 8.70. The minimum absolute atomic E-state index is 0.0704. The molecule has 0 aliphatic carbocycles. The quantitative estimate of drug-likeness (QED) is 0.748. The van der Waals surface area contributed by atoms with Crippen molar-refractivity contribution < 1.29 is 4.79 Å². The van der Waals surface area contributed by atoms with Gasteiger partial charge in [-0.05, 0) is 30.0 Å². The Kier molecular flexibility index (Phi) is 5.28. The molecule has 0 unspecified atom stereocenters. The van der Waals surface area contributed by atoms with E-state index in [0.717, 1.165) is 17.7 Å². The zero-order chi connectivity index (χ0) is 16.8. The Morgan fingerprint density at radius 2 is 2.08 bits per heavy atom. The van der Waals surface area contributed by atoms with Crippen molar-refractivity contribution in [1.29, 1.82) is 0 Å². The van der Waals surface area contributed by atoms with Crippen molar-refractivity contribution in [2.24, 2.45) is 0 Å². The topological polar surface area (TPSA) is 50.2 Å². The smallest absolute Gasteiger partial charge is 0.317 e. The van der Waals surface area contributed by atoms with Crippen LogP contribution in [0.2, 0.25) is 0 Å². The third-order valence-corrected chi connectivity index (χ3v) is 4.59. The number of amides is 2. The van der Waals surface area contributed by atoms with Crippen LogP contribution in [0.1, 0.15) is 10.4 Å². The number of carbonyl (C=O) groups is 1. The van der Waals surface area contributed by atoms with E-state index in [1.807, 2.05) is 52.7 Å². The molecule has 5 nitrogen and oxygen atoms in total. The zero-order valence-corrected chi connectivity index (χ0v) is 14.4. The third kappa shape index (κ3) is 4.23. The average molecular weight is 340 g/mol. The van der Waals surface area contributed by atoms with Crippen molar-refractivity contribution in [3.05, 3.63) is 70.7 Å². The summed E-state index contributed by atoms with van der Waals surface area (Å²) in [5, 5.41) is 9.35. The first-order chi connectivity index (χ1) is 11.7. The van der Waals surface area contributed by atoms with Crippen LogP contribution >= 0.6 is 11.3 Å². The van der Waals surface area contributed by atoms with Crippen LogP contribution in [0.4, 0.5) is 4.79 Å². The maximum Gasteiger partial charge on any atom is 0.317 e. The van der Waals surface area contributed by atoms with Gasteiger partial charge in [-0.15, -0.1) is 11.3 Å². The van der Waals surface area contributed by atoms with Crippen molar-refractivity contribution in [1.82, 2.24) is 20.0 Å². The summed E-state index contributed by atoms with van der Waals surface area (Å²) in [6, 6.07) is 14.0. The lowest BCUT2D eigenvalue weighted by atomic mass is 10.3. The van der Waals surface area contributed by atoms with Gasteiger partial charge >= 0.3 is 6.03 Å². The molecule has 0 saturated heterocycles. The second-order valence-corrected chi connectivity index (χ2v) is 6.58. The van der Waals surface area contributed by atoms with Gasteiger partial charge in [0.1, 0.15) is 0 Å². The van der Waals surface area contributed by atoms with Crippen LogP contribution in [-0.2, 0) is 13.0 Å². The Labute approximate surface area is 145 Å². The van der Waals surface area contributed by atoms with Gasteiger partial charge in [0.2, 0.25) is 0 Å². The molecule has 1 N–H and O–H groups in total. The molecule has 0 bridgehead atoms. The number of carbonyl (C=O) groups excluding carboxylic acids is 1. The SMILES string of the molecule is CN(Cc1cnn(-c2ccccc2)c1)C(=O)NCCc1cccs1. The van der Waals surface area contributed by atoms with Gasteiger partial charge in [0, 0.05) is 30.2 Å². The lowest BCUT2D eigenvalue weighted by Gasteiger charge is -2.16. The van der Waals surface area contributed by atoms with E-state index in [-0.39, 0.29) is 6.03 Å². The Balaban J connectivity index is 1.50. The van der Waals surface area contributed by atoms with Crippen molar-refractivity contribution in [3.63, 3.8) is 0 Å². The van der Waals surface area contributed by atoms with E-state index in [1.165, 1.54) is 4.88 Å². The Morgan fingerprint density at radius 3 is 2.83 bits per heavy atom. The van der Waals surface area contributed by atoms with Gasteiger partial charge in [-0.25, -0.2) is 9.48 Å². The molecule has 24 heavy (non-hydrogen) atoms. The van der Waals surface area contributed by atoms with Crippen molar-refractivity contribution >= 4 is 17.4 Å². The molecule has 0 fully saturated rings. The molecule has 124 valence electrons. The van der Waals surface area contributed by atoms with E-state index >= 15 is 0 Å². The number of aromatic nitrogens is 2. The fraction of sp³-hybridized carbons (Fsp3) is 0.222. The van der Waals surface area contributed by atoms with Crippen LogP contribution in [0, 0.1) is 0 Å². The Bertz CT molecular complexity index is 767. The second-order valence-electron chi connectivity index (χ2n) is 5.55. The molecule has 0 radical (unpaired) electrons. The van der Waals surface area contributed by atoms with Crippen LogP contribution < -0.4 is 5.32 Å². The van der Waals surface area contributed by atoms with Gasteiger partial charge in [0.15, 0.2) is 0 Å². The highest BCUT2D eigenvalue weighted by Crippen LogP contribution is 2.10. The Morgan fingerprint density at radius 1 is 1.25 bits per heavy atom. The van der Waals surface area contributed by atoms with Crippen LogP contribution in [0.25, 0.3) is 5.69 Å². The molecule has 0 aliphatic heterocycles. The number of nitrogens with zero attached hydrogens (tertiary/aromatic N) is 3. The maximum atomic E-state index is 12.1. The largest absolute Gasteiger partial charge is 0.338 e. The highest BCUT2D eigenvalue weighted by atomic mass is 32.1. The zero-order valence-electron chi connectivity index (χ0n) is 13.6. The molecular formula is C18H20N4OS. The van der Waals surface area contributed by atoms with Crippen LogP contribution in [-0.4, -0.2) is 34.3 Å². The fourth-order valence-electron chi connectivity index (χ4n) is 2.39. The lowest BCUT2D eigenvalue weighted by molar-refractivity contribution is 0.207. The minimum atomic E-state index is -0.0704. The molecule has 3 aromatic rings. The number of rotatable bonds is 6. The van der Waals surface area contributed by atoms with Gasteiger partial charge < -0.3 is 10.2 Å². The van der Waals surface area contributed by atoms with E-state index in [0.29, 0.717) is 13.1 Å². The van der Waals surface area contributed by atoms with Gasteiger partial charge in [0.25, 0.3) is 0 Å². The van der Waals surface area contributed by atoms with E-state index in [4.69, 9.17) is 0 Å². The predicted octanol–water partition coefficient (Wildman–Crippen LogP) is 3.32. The molecule has 1 aromatic carbocycles. The first kappa shape index (κ1) is 16.3. The van der Waals surface area contributed by atoms with E-state index in [9.17, 15) is 4.79 Å². The molecule has 0 spiro atoms. The number of hydrogen-bond acceptors (Lipinski definition) is 3. The number of thiophene rings is 1. The lowest BCUT2D eigenvalue weighted by Crippen LogP contribution is -2.37. The summed E-state index contributed by atoms with van der Waals surface area (Å²) < 4.78 is 1.82.